The fourth-order valence-corrected chi connectivity index (χ4v) is 7.50. The molecule has 3 rings (SSSR count). The third-order valence-corrected chi connectivity index (χ3v) is 10.2. The van der Waals surface area contributed by atoms with Gasteiger partial charge in [-0.3, -0.25) is 0 Å². The molecule has 0 unspecified atom stereocenters. The van der Waals surface area contributed by atoms with E-state index in [0.717, 1.165) is 0 Å². The second-order valence-electron chi connectivity index (χ2n) is 5.49. The number of carbonyl (C=O) groups is 1. The van der Waals surface area contributed by atoms with Crippen molar-refractivity contribution < 1.29 is 20.8 Å². The van der Waals surface area contributed by atoms with Gasteiger partial charge in [-0.2, -0.15) is 0 Å². The van der Waals surface area contributed by atoms with Crippen LogP contribution in [-0.4, -0.2) is 47.6 Å². The Hall–Kier alpha value is -2.59. The molecular weight excluding hydrogens is 462 g/mol. The topological polar surface area (TPSA) is 77.9 Å². The normalized spacial score (nSPS) is 11.5. The zero-order valence-corrected chi connectivity index (χ0v) is 17.2. The molecule has 0 saturated carbocycles. The standard InChI is InChI=1S/C20H19NO5Te/c1-24-16-5-9-18(10-6-16)27(23,19-11-7-17(25-2)8-12-19)26-20(22)15-4-3-13-21-14-15/h3-14,23H,1-2H3. The Morgan fingerprint density at radius 1 is 0.889 bits per heavy atom. The van der Waals surface area contributed by atoms with E-state index in [4.69, 9.17) is 12.6 Å². The Morgan fingerprint density at radius 3 is 1.81 bits per heavy atom. The number of hydrogen-bond acceptors (Lipinski definition) is 6. The number of pyridine rings is 1. The van der Waals surface area contributed by atoms with Crippen LogP contribution in [0, 0.1) is 0 Å². The molecule has 0 aliphatic carbocycles. The number of benzene rings is 2. The Balaban J connectivity index is 2.02. The molecule has 0 fully saturated rings. The molecule has 1 aromatic heterocycles. The third kappa shape index (κ3) is 4.22. The zero-order valence-electron chi connectivity index (χ0n) is 14.9. The van der Waals surface area contributed by atoms with Crippen molar-refractivity contribution in [1.82, 2.24) is 4.98 Å². The molecule has 0 bridgehead atoms. The number of ether oxygens (including phenoxy) is 2. The van der Waals surface area contributed by atoms with Crippen molar-refractivity contribution in [3.63, 3.8) is 0 Å². The average molecular weight is 481 g/mol. The summed E-state index contributed by atoms with van der Waals surface area (Å²) in [7, 11) is 3.13. The summed E-state index contributed by atoms with van der Waals surface area (Å²) < 4.78 is 28.8. The first-order valence-electron chi connectivity index (χ1n) is 8.04. The number of rotatable bonds is 6. The molecular formula is C20H19NO5Te. The summed E-state index contributed by atoms with van der Waals surface area (Å²) in [5, 5.41) is 0. The molecule has 2 aromatic carbocycles. The van der Waals surface area contributed by atoms with Crippen LogP contribution in [0.2, 0.25) is 0 Å². The van der Waals surface area contributed by atoms with Crippen molar-refractivity contribution in [1.29, 1.82) is 0 Å². The Bertz CT molecular complexity index is 850. The van der Waals surface area contributed by atoms with Crippen molar-refractivity contribution in [2.45, 2.75) is 0 Å². The van der Waals surface area contributed by atoms with Crippen LogP contribution in [0.3, 0.4) is 0 Å². The van der Waals surface area contributed by atoms with E-state index in [0.29, 0.717) is 18.7 Å². The third-order valence-electron chi connectivity index (χ3n) is 3.85. The van der Waals surface area contributed by atoms with Gasteiger partial charge in [0.15, 0.2) is 0 Å². The number of nitrogens with zero attached hydrogens (tertiary/aromatic N) is 1. The maximum atomic E-state index is 12.6. The van der Waals surface area contributed by atoms with Crippen LogP contribution in [0.4, 0.5) is 0 Å². The van der Waals surface area contributed by atoms with E-state index in [-0.39, 0.29) is 5.56 Å². The number of methoxy groups -OCH3 is 2. The van der Waals surface area contributed by atoms with Gasteiger partial charge in [0.05, 0.1) is 0 Å². The molecule has 1 N–H and O–H groups in total. The van der Waals surface area contributed by atoms with Crippen LogP contribution in [0.5, 0.6) is 11.5 Å². The second kappa shape index (κ2) is 8.40. The molecule has 0 radical (unpaired) electrons. The van der Waals surface area contributed by atoms with E-state index in [9.17, 15) is 8.27 Å². The molecule has 1 heterocycles. The molecule has 27 heavy (non-hydrogen) atoms. The quantitative estimate of drug-likeness (QED) is 0.539. The molecule has 0 amide bonds. The van der Waals surface area contributed by atoms with E-state index in [1.807, 2.05) is 0 Å². The Morgan fingerprint density at radius 2 is 1.41 bits per heavy atom. The fraction of sp³-hybridized carbons (Fsp3) is 0.100. The van der Waals surface area contributed by atoms with Crippen LogP contribution in [0.15, 0.2) is 73.1 Å². The molecule has 6 nitrogen and oxygen atoms in total. The number of carbonyl (C=O) groups excluding carboxylic acids is 1. The van der Waals surface area contributed by atoms with Crippen LogP contribution in [-0.2, 0) is 3.10 Å². The minimum absolute atomic E-state index is 0.282. The predicted octanol–water partition coefficient (Wildman–Crippen LogP) is 1.50. The zero-order chi connectivity index (χ0) is 19.3. The summed E-state index contributed by atoms with van der Waals surface area (Å²) >= 11 is -4.47. The summed E-state index contributed by atoms with van der Waals surface area (Å²) in [5.74, 6) is 0.688. The monoisotopic (exact) mass is 483 g/mol. The van der Waals surface area contributed by atoms with E-state index in [1.54, 1.807) is 81.1 Å². The maximum absolute atomic E-state index is 12.6. The van der Waals surface area contributed by atoms with Gasteiger partial charge in [-0.05, 0) is 0 Å². The minimum atomic E-state index is -4.47. The van der Waals surface area contributed by atoms with Gasteiger partial charge in [-0.1, -0.05) is 0 Å². The van der Waals surface area contributed by atoms with E-state index < -0.39 is 25.0 Å². The van der Waals surface area contributed by atoms with Gasteiger partial charge in [0.2, 0.25) is 0 Å². The van der Waals surface area contributed by atoms with E-state index in [1.165, 1.54) is 6.20 Å². The van der Waals surface area contributed by atoms with Gasteiger partial charge >= 0.3 is 162 Å². The first-order chi connectivity index (χ1) is 13.1. The summed E-state index contributed by atoms with van der Waals surface area (Å²) in [6.45, 7) is 0. The van der Waals surface area contributed by atoms with Crippen LogP contribution in [0.1, 0.15) is 10.4 Å². The van der Waals surface area contributed by atoms with Gasteiger partial charge < -0.3 is 0 Å². The molecule has 140 valence electrons. The second-order valence-corrected chi connectivity index (χ2v) is 11.7. The van der Waals surface area contributed by atoms with Crippen LogP contribution < -0.4 is 16.7 Å². The molecule has 0 aliphatic heterocycles. The number of hydrogen-bond donors (Lipinski definition) is 1. The van der Waals surface area contributed by atoms with Crippen LogP contribution >= 0.6 is 0 Å². The van der Waals surface area contributed by atoms with Crippen LogP contribution in [0.25, 0.3) is 0 Å². The van der Waals surface area contributed by atoms with E-state index >= 15 is 0 Å². The average Bonchev–Trinajstić information content (AvgIpc) is 2.74. The van der Waals surface area contributed by atoms with E-state index in [2.05, 4.69) is 4.98 Å². The summed E-state index contributed by atoms with van der Waals surface area (Å²) in [4.78, 5) is 16.6. The summed E-state index contributed by atoms with van der Waals surface area (Å²) in [6, 6.07) is 17.1. The molecule has 0 spiro atoms. The fourth-order valence-electron chi connectivity index (χ4n) is 2.39. The first kappa shape index (κ1) is 19.2. The van der Waals surface area contributed by atoms with Crippen molar-refractivity contribution in [2.75, 3.05) is 14.2 Å². The van der Waals surface area contributed by atoms with Crippen molar-refractivity contribution in [2.24, 2.45) is 0 Å². The molecule has 0 atom stereocenters. The SMILES string of the molecule is COc1ccc([Te](O)(OC(=O)c2cccnc2)c2ccc(OC)cc2)cc1. The Labute approximate surface area is 162 Å². The Kier molecular flexibility index (Phi) is 5.97. The molecule has 3 aromatic rings. The molecule has 0 saturated heterocycles. The van der Waals surface area contributed by atoms with Gasteiger partial charge in [-0.25, -0.2) is 0 Å². The van der Waals surface area contributed by atoms with Gasteiger partial charge in [0.25, 0.3) is 0 Å². The predicted molar refractivity (Wildman–Crippen MR) is 103 cm³/mol. The first-order valence-corrected chi connectivity index (χ1v) is 12.4. The van der Waals surface area contributed by atoms with Gasteiger partial charge in [-0.15, -0.1) is 0 Å². The van der Waals surface area contributed by atoms with Crippen molar-refractivity contribution in [3.8, 4) is 11.5 Å². The summed E-state index contributed by atoms with van der Waals surface area (Å²) in [5.41, 5.74) is 0.282. The molecule has 7 heteroatoms. The summed E-state index contributed by atoms with van der Waals surface area (Å²) in [6.07, 6.45) is 2.98. The van der Waals surface area contributed by atoms with Crippen molar-refractivity contribution >= 4 is 32.2 Å². The number of aromatic nitrogens is 1. The van der Waals surface area contributed by atoms with Crippen molar-refractivity contribution in [3.05, 3.63) is 78.6 Å². The van der Waals surface area contributed by atoms with Gasteiger partial charge in [0.1, 0.15) is 0 Å². The molecule has 0 aliphatic rings. The van der Waals surface area contributed by atoms with Gasteiger partial charge in [0, 0.05) is 0 Å².